The summed E-state index contributed by atoms with van der Waals surface area (Å²) < 4.78 is 0. The first kappa shape index (κ1) is 20.9. The van der Waals surface area contributed by atoms with Crippen LogP contribution in [0.15, 0.2) is 0 Å². The zero-order chi connectivity index (χ0) is 17.9. The van der Waals surface area contributed by atoms with Crippen molar-refractivity contribution in [3.63, 3.8) is 0 Å². The standard InChI is InChI=1S/C19H38O4/c1-10-16(4,5)20-22-19(23-21-17(6,7)11-2)14-12-13-15(3)18(19,8)9/h15H,10-14H2,1-9H3. The van der Waals surface area contributed by atoms with Crippen molar-refractivity contribution in [2.75, 3.05) is 0 Å². The van der Waals surface area contributed by atoms with Gasteiger partial charge in [0.25, 0.3) is 0 Å². The second-order valence-corrected chi connectivity index (χ2v) is 8.83. The van der Waals surface area contributed by atoms with Crippen LogP contribution in [0, 0.1) is 11.3 Å². The molecule has 4 heteroatoms. The summed E-state index contributed by atoms with van der Waals surface area (Å²) in [6.45, 7) is 18.9. The van der Waals surface area contributed by atoms with E-state index in [0.29, 0.717) is 5.92 Å². The van der Waals surface area contributed by atoms with Crippen LogP contribution in [-0.4, -0.2) is 17.0 Å². The molecule has 1 rings (SSSR count). The number of hydrogen-bond acceptors (Lipinski definition) is 4. The van der Waals surface area contributed by atoms with Gasteiger partial charge in [-0.25, -0.2) is 9.78 Å². The molecular formula is C19H38O4. The summed E-state index contributed by atoms with van der Waals surface area (Å²) in [5.41, 5.74) is -0.917. The van der Waals surface area contributed by atoms with Gasteiger partial charge in [0.05, 0.1) is 11.2 Å². The minimum atomic E-state index is -0.885. The zero-order valence-electron chi connectivity index (χ0n) is 16.7. The van der Waals surface area contributed by atoms with Crippen molar-refractivity contribution in [2.45, 2.75) is 111 Å². The lowest BCUT2D eigenvalue weighted by atomic mass is 9.65. The summed E-state index contributed by atoms with van der Waals surface area (Å²) in [5.74, 6) is -0.429. The van der Waals surface area contributed by atoms with E-state index in [1.165, 1.54) is 0 Å². The fraction of sp³-hybridized carbons (Fsp3) is 1.00. The maximum atomic E-state index is 6.00. The molecule has 138 valence electrons. The van der Waals surface area contributed by atoms with E-state index in [2.05, 4.69) is 34.6 Å². The highest BCUT2D eigenvalue weighted by molar-refractivity contribution is 4.94. The van der Waals surface area contributed by atoms with Crippen LogP contribution >= 0.6 is 0 Å². The van der Waals surface area contributed by atoms with Crippen molar-refractivity contribution < 1.29 is 19.6 Å². The smallest absolute Gasteiger partial charge is 0.228 e. The van der Waals surface area contributed by atoms with Gasteiger partial charge in [-0.3, -0.25) is 0 Å². The Bertz CT molecular complexity index is 354. The highest BCUT2D eigenvalue weighted by atomic mass is 17.3. The molecule has 1 aliphatic rings. The highest BCUT2D eigenvalue weighted by Gasteiger charge is 2.56. The molecule has 0 aromatic heterocycles. The maximum Gasteiger partial charge on any atom is 0.239 e. The molecule has 4 nitrogen and oxygen atoms in total. The fourth-order valence-electron chi connectivity index (χ4n) is 2.49. The Balaban J connectivity index is 3.00. The molecule has 23 heavy (non-hydrogen) atoms. The molecule has 0 saturated heterocycles. The van der Waals surface area contributed by atoms with Crippen LogP contribution in [0.5, 0.6) is 0 Å². The van der Waals surface area contributed by atoms with Crippen molar-refractivity contribution in [1.82, 2.24) is 0 Å². The Morgan fingerprint density at radius 3 is 1.74 bits per heavy atom. The normalized spacial score (nSPS) is 24.7. The van der Waals surface area contributed by atoms with E-state index in [1.807, 2.05) is 27.7 Å². The van der Waals surface area contributed by atoms with Gasteiger partial charge in [0.1, 0.15) is 0 Å². The molecule has 1 fully saturated rings. The van der Waals surface area contributed by atoms with Crippen LogP contribution in [0.3, 0.4) is 0 Å². The van der Waals surface area contributed by atoms with Gasteiger partial charge < -0.3 is 0 Å². The third kappa shape index (κ3) is 4.91. The molecule has 0 aliphatic heterocycles. The van der Waals surface area contributed by atoms with E-state index in [4.69, 9.17) is 19.6 Å². The lowest BCUT2D eigenvalue weighted by Crippen LogP contribution is -2.56. The van der Waals surface area contributed by atoms with Crippen LogP contribution < -0.4 is 0 Å². The van der Waals surface area contributed by atoms with Gasteiger partial charge in [0.2, 0.25) is 5.79 Å². The first-order valence-electron chi connectivity index (χ1n) is 9.15. The Labute approximate surface area is 143 Å². The second-order valence-electron chi connectivity index (χ2n) is 8.83. The molecule has 1 unspecified atom stereocenters. The Morgan fingerprint density at radius 1 is 0.913 bits per heavy atom. The maximum absolute atomic E-state index is 6.00. The van der Waals surface area contributed by atoms with Crippen LogP contribution in [0.4, 0.5) is 0 Å². The van der Waals surface area contributed by atoms with E-state index in [0.717, 1.165) is 32.1 Å². The lowest BCUT2D eigenvalue weighted by Gasteiger charge is -2.51. The number of rotatable bonds is 8. The average Bonchev–Trinajstić information content (AvgIpc) is 2.48. The molecule has 0 radical (unpaired) electrons. The summed E-state index contributed by atoms with van der Waals surface area (Å²) in [5, 5.41) is 0. The summed E-state index contributed by atoms with van der Waals surface area (Å²) in [7, 11) is 0. The van der Waals surface area contributed by atoms with Gasteiger partial charge in [0, 0.05) is 11.8 Å². The average molecular weight is 331 g/mol. The van der Waals surface area contributed by atoms with E-state index in [1.54, 1.807) is 0 Å². The van der Waals surface area contributed by atoms with Crippen molar-refractivity contribution in [1.29, 1.82) is 0 Å². The summed E-state index contributed by atoms with van der Waals surface area (Å²) in [6.07, 6.45) is 4.69. The highest BCUT2D eigenvalue weighted by Crippen LogP contribution is 2.51. The van der Waals surface area contributed by atoms with Crippen molar-refractivity contribution >= 4 is 0 Å². The van der Waals surface area contributed by atoms with Crippen LogP contribution in [0.2, 0.25) is 0 Å². The molecule has 1 atom stereocenters. The molecule has 0 aromatic rings. The van der Waals surface area contributed by atoms with Gasteiger partial charge in [-0.1, -0.05) is 34.6 Å². The van der Waals surface area contributed by atoms with E-state index in [-0.39, 0.29) is 16.6 Å². The minimum Gasteiger partial charge on any atom is -0.228 e. The second kappa shape index (κ2) is 7.38. The molecule has 1 saturated carbocycles. The van der Waals surface area contributed by atoms with Gasteiger partial charge in [-0.05, 0) is 59.3 Å². The number of hydrogen-bond donors (Lipinski definition) is 0. The topological polar surface area (TPSA) is 36.9 Å². The fourth-order valence-corrected chi connectivity index (χ4v) is 2.49. The van der Waals surface area contributed by atoms with Gasteiger partial charge in [-0.2, -0.15) is 9.78 Å². The van der Waals surface area contributed by atoms with Crippen LogP contribution in [0.25, 0.3) is 0 Å². The summed E-state index contributed by atoms with van der Waals surface area (Å²) >= 11 is 0. The van der Waals surface area contributed by atoms with E-state index < -0.39 is 5.79 Å². The first-order valence-corrected chi connectivity index (χ1v) is 9.15. The van der Waals surface area contributed by atoms with Crippen molar-refractivity contribution in [2.24, 2.45) is 11.3 Å². The SMILES string of the molecule is CCC(C)(C)OOC1(OOC(C)(C)CC)CCCC(C)C1(C)C. The predicted octanol–water partition coefficient (Wildman–Crippen LogP) is 5.80. The van der Waals surface area contributed by atoms with Gasteiger partial charge >= 0.3 is 0 Å². The van der Waals surface area contributed by atoms with E-state index >= 15 is 0 Å². The zero-order valence-corrected chi connectivity index (χ0v) is 16.7. The monoisotopic (exact) mass is 330 g/mol. The largest absolute Gasteiger partial charge is 0.239 e. The summed E-state index contributed by atoms with van der Waals surface area (Å²) in [4.78, 5) is 23.6. The molecular weight excluding hydrogens is 292 g/mol. The Hall–Kier alpha value is -0.160. The lowest BCUT2D eigenvalue weighted by molar-refractivity contribution is -0.570. The Kier molecular flexibility index (Phi) is 6.70. The van der Waals surface area contributed by atoms with Gasteiger partial charge in [0.15, 0.2) is 0 Å². The third-order valence-corrected chi connectivity index (χ3v) is 5.86. The molecule has 0 amide bonds. The predicted molar refractivity (Wildman–Crippen MR) is 92.6 cm³/mol. The molecule has 0 aromatic carbocycles. The summed E-state index contributed by atoms with van der Waals surface area (Å²) in [6, 6.07) is 0. The molecule has 0 heterocycles. The first-order chi connectivity index (χ1) is 10.4. The van der Waals surface area contributed by atoms with Crippen molar-refractivity contribution in [3.05, 3.63) is 0 Å². The van der Waals surface area contributed by atoms with Crippen LogP contribution in [0.1, 0.15) is 94.4 Å². The molecule has 0 bridgehead atoms. The molecule has 0 N–H and O–H groups in total. The molecule has 0 spiro atoms. The van der Waals surface area contributed by atoms with E-state index in [9.17, 15) is 0 Å². The third-order valence-electron chi connectivity index (χ3n) is 5.86. The van der Waals surface area contributed by atoms with Crippen molar-refractivity contribution in [3.8, 4) is 0 Å². The minimum absolute atomic E-state index is 0.209. The quantitative estimate of drug-likeness (QED) is 0.320. The van der Waals surface area contributed by atoms with Gasteiger partial charge in [-0.15, -0.1) is 0 Å². The van der Waals surface area contributed by atoms with Crippen LogP contribution in [-0.2, 0) is 19.6 Å². The molecule has 1 aliphatic carbocycles. The Morgan fingerprint density at radius 2 is 1.35 bits per heavy atom.